The molecule has 2 aliphatic rings. The van der Waals surface area contributed by atoms with E-state index in [0.29, 0.717) is 10.7 Å². The summed E-state index contributed by atoms with van der Waals surface area (Å²) in [4.78, 5) is 22.6. The molecule has 8 nitrogen and oxygen atoms in total. The monoisotopic (exact) mass is 547 g/mol. The van der Waals surface area contributed by atoms with Gasteiger partial charge in [0.15, 0.2) is 10.8 Å². The van der Waals surface area contributed by atoms with Gasteiger partial charge in [0.1, 0.15) is 0 Å². The van der Waals surface area contributed by atoms with Crippen molar-refractivity contribution in [2.24, 2.45) is 10.2 Å². The molecule has 0 fully saturated rings. The van der Waals surface area contributed by atoms with Crippen LogP contribution in [0, 0.1) is 10.1 Å². The van der Waals surface area contributed by atoms with Crippen LogP contribution in [-0.4, -0.2) is 21.5 Å². The summed E-state index contributed by atoms with van der Waals surface area (Å²) in [6.07, 6.45) is 0.939. The lowest BCUT2D eigenvalue weighted by Crippen LogP contribution is -2.54. The Morgan fingerprint density at radius 3 is 2.12 bits per heavy atom. The van der Waals surface area contributed by atoms with E-state index < -0.39 is 9.92 Å². The van der Waals surface area contributed by atoms with Crippen molar-refractivity contribution in [3.05, 3.63) is 135 Å². The van der Waals surface area contributed by atoms with Crippen molar-refractivity contribution in [3.8, 4) is 0 Å². The molecule has 0 aliphatic carbocycles. The van der Waals surface area contributed by atoms with Gasteiger partial charge in [-0.1, -0.05) is 73.7 Å². The van der Waals surface area contributed by atoms with Gasteiger partial charge in [0.25, 0.3) is 5.69 Å². The lowest BCUT2D eigenvalue weighted by atomic mass is 9.92. The Bertz CT molecular complexity index is 1670. The number of rotatable bonds is 6. The summed E-state index contributed by atoms with van der Waals surface area (Å²) in [5.41, 5.74) is 6.19. The van der Waals surface area contributed by atoms with Gasteiger partial charge in [-0.3, -0.25) is 14.9 Å². The van der Waals surface area contributed by atoms with E-state index >= 15 is 0 Å². The van der Waals surface area contributed by atoms with Crippen LogP contribution in [0.5, 0.6) is 0 Å². The average Bonchev–Trinajstić information content (AvgIpc) is 3.39. The zero-order valence-corrected chi connectivity index (χ0v) is 22.7. The molecule has 198 valence electrons. The Morgan fingerprint density at radius 1 is 0.850 bits per heavy atom. The number of Topliss-reactive ketones (excluding diaryl/α,β-unsaturated/α-hetero) is 1. The fourth-order valence-corrected chi connectivity index (χ4v) is 6.26. The Morgan fingerprint density at radius 2 is 1.48 bits per heavy atom. The summed E-state index contributed by atoms with van der Waals surface area (Å²) in [6.45, 7) is 3.62. The number of aryl methyl sites for hydroxylation is 1. The fraction of sp³-hybridized carbons (Fsp3) is 0.129. The number of ketones is 1. The molecule has 4 aromatic rings. The minimum Gasteiger partial charge on any atom is -0.292 e. The van der Waals surface area contributed by atoms with Crippen LogP contribution in [0.3, 0.4) is 0 Å². The molecular weight excluding hydrogens is 522 g/mol. The van der Waals surface area contributed by atoms with Crippen molar-refractivity contribution in [2.45, 2.75) is 25.3 Å². The third kappa shape index (κ3) is 4.15. The predicted molar refractivity (Wildman–Crippen MR) is 160 cm³/mol. The van der Waals surface area contributed by atoms with Crippen molar-refractivity contribution in [1.82, 2.24) is 0 Å². The van der Waals surface area contributed by atoms with Gasteiger partial charge in [0, 0.05) is 35.7 Å². The number of anilines is 2. The van der Waals surface area contributed by atoms with E-state index in [1.54, 1.807) is 17.1 Å². The van der Waals surface area contributed by atoms with Crippen LogP contribution in [0.2, 0.25) is 0 Å². The van der Waals surface area contributed by atoms with E-state index in [0.717, 1.165) is 34.5 Å². The molecule has 40 heavy (non-hydrogen) atoms. The summed E-state index contributed by atoms with van der Waals surface area (Å²) in [5, 5.41) is 25.4. The Kier molecular flexibility index (Phi) is 6.43. The predicted octanol–water partition coefficient (Wildman–Crippen LogP) is 6.70. The van der Waals surface area contributed by atoms with Crippen LogP contribution in [0.25, 0.3) is 0 Å². The van der Waals surface area contributed by atoms with E-state index in [4.69, 9.17) is 10.2 Å². The van der Waals surface area contributed by atoms with Crippen LogP contribution < -0.4 is 10.0 Å². The zero-order valence-electron chi connectivity index (χ0n) is 21.9. The van der Waals surface area contributed by atoms with Gasteiger partial charge in [-0.25, -0.2) is 10.0 Å². The first-order chi connectivity index (χ1) is 19.4. The Labute approximate surface area is 235 Å². The number of hydrogen-bond donors (Lipinski definition) is 0. The second-order valence-electron chi connectivity index (χ2n) is 9.45. The van der Waals surface area contributed by atoms with E-state index in [2.05, 4.69) is 31.2 Å². The first-order valence-corrected chi connectivity index (χ1v) is 13.7. The molecule has 2 heterocycles. The number of carbonyl (C=O) groups is 1. The Balaban J connectivity index is 1.62. The highest BCUT2D eigenvalue weighted by Crippen LogP contribution is 2.55. The molecular formula is C31H25N5O3S. The van der Waals surface area contributed by atoms with Gasteiger partial charge >= 0.3 is 0 Å². The number of carbonyl (C=O) groups excluding carboxylic acids is 1. The van der Waals surface area contributed by atoms with Gasteiger partial charge in [-0.05, 0) is 48.0 Å². The maximum atomic E-state index is 12.8. The third-order valence-electron chi connectivity index (χ3n) is 6.98. The van der Waals surface area contributed by atoms with Crippen LogP contribution in [-0.2, 0) is 16.2 Å². The molecule has 4 aromatic carbocycles. The number of fused-ring (bicyclic) bond motifs is 2. The molecule has 0 bridgehead atoms. The number of para-hydroxylation sites is 1. The first kappa shape index (κ1) is 25.5. The number of non-ortho nitro benzene ring substituents is 1. The molecule has 0 aromatic heterocycles. The lowest BCUT2D eigenvalue weighted by Gasteiger charge is -2.47. The maximum Gasteiger partial charge on any atom is 0.269 e. The number of hydrazone groups is 2. The molecule has 6 rings (SSSR count). The highest BCUT2D eigenvalue weighted by molar-refractivity contribution is 8.17. The molecule has 0 saturated carbocycles. The summed E-state index contributed by atoms with van der Waals surface area (Å²) in [7, 11) is 0. The minimum absolute atomic E-state index is 0.0276. The van der Waals surface area contributed by atoms with E-state index in [1.165, 1.54) is 36.4 Å². The second kappa shape index (κ2) is 10.1. The SMILES string of the molecule is CCc1ccc(C2=NN(c3ccccc3)[C@@]3(SC(C(C)=O)=NN3c3ccc([N+](=O)[O-])cc3)c3ccccc32)cc1. The molecule has 0 radical (unpaired) electrons. The van der Waals surface area contributed by atoms with Crippen LogP contribution in [0.1, 0.15) is 36.1 Å². The molecule has 1 spiro atoms. The smallest absolute Gasteiger partial charge is 0.269 e. The van der Waals surface area contributed by atoms with Crippen molar-refractivity contribution in [1.29, 1.82) is 0 Å². The van der Waals surface area contributed by atoms with Gasteiger partial charge in [-0.15, -0.1) is 0 Å². The highest BCUT2D eigenvalue weighted by atomic mass is 32.2. The van der Waals surface area contributed by atoms with Gasteiger partial charge < -0.3 is 0 Å². The number of nitro benzene ring substituents is 1. The molecule has 0 amide bonds. The number of thioether (sulfide) groups is 1. The molecule has 0 saturated heterocycles. The minimum atomic E-state index is -1.11. The van der Waals surface area contributed by atoms with Crippen molar-refractivity contribution >= 4 is 45.4 Å². The highest BCUT2D eigenvalue weighted by Gasteiger charge is 2.55. The lowest BCUT2D eigenvalue weighted by molar-refractivity contribution is -0.384. The first-order valence-electron chi connectivity index (χ1n) is 12.9. The van der Waals surface area contributed by atoms with Crippen molar-refractivity contribution < 1.29 is 9.72 Å². The van der Waals surface area contributed by atoms with Crippen LogP contribution in [0.4, 0.5) is 17.1 Å². The van der Waals surface area contributed by atoms with E-state index in [9.17, 15) is 14.9 Å². The maximum absolute atomic E-state index is 12.8. The summed E-state index contributed by atoms with van der Waals surface area (Å²) in [6, 6.07) is 32.4. The Hall–Kier alpha value is -4.76. The molecule has 0 unspecified atom stereocenters. The van der Waals surface area contributed by atoms with Crippen LogP contribution in [0.15, 0.2) is 113 Å². The summed E-state index contributed by atoms with van der Waals surface area (Å²) < 4.78 is 0. The van der Waals surface area contributed by atoms with E-state index in [-0.39, 0.29) is 11.5 Å². The van der Waals surface area contributed by atoms with Crippen molar-refractivity contribution in [2.75, 3.05) is 10.0 Å². The quantitative estimate of drug-likeness (QED) is 0.197. The second-order valence-corrected chi connectivity index (χ2v) is 10.6. The summed E-state index contributed by atoms with van der Waals surface area (Å²) in [5.74, 6) is -0.177. The third-order valence-corrected chi connectivity index (χ3v) is 8.39. The normalized spacial score (nSPS) is 17.9. The van der Waals surface area contributed by atoms with Gasteiger partial charge in [-0.2, -0.15) is 10.2 Å². The molecule has 0 N–H and O–H groups in total. The summed E-state index contributed by atoms with van der Waals surface area (Å²) >= 11 is 1.32. The van der Waals surface area contributed by atoms with E-state index in [1.807, 2.05) is 59.6 Å². The molecule has 9 heteroatoms. The van der Waals surface area contributed by atoms with Crippen LogP contribution >= 0.6 is 11.8 Å². The number of benzene rings is 4. The fourth-order valence-electron chi connectivity index (χ4n) is 4.97. The standard InChI is InChI=1S/C31H25N5O3S/c1-3-22-13-15-23(16-14-22)29-27-11-7-8-12-28(27)31(34(32-29)24-9-5-4-6-10-24)35(33-30(40-31)21(2)37)25-17-19-26(20-18-25)36(38)39/h4-20H,3H2,1-2H3/t31-/m0/s1. The zero-order chi connectivity index (χ0) is 27.9. The van der Waals surface area contributed by atoms with Gasteiger partial charge in [0.2, 0.25) is 4.99 Å². The number of nitro groups is 1. The molecule has 1 atom stereocenters. The number of nitrogens with zero attached hydrogens (tertiary/aromatic N) is 5. The topological polar surface area (TPSA) is 91.4 Å². The number of hydrogen-bond acceptors (Lipinski definition) is 8. The van der Waals surface area contributed by atoms with Gasteiger partial charge in [0.05, 0.1) is 22.0 Å². The van der Waals surface area contributed by atoms with Crippen molar-refractivity contribution in [3.63, 3.8) is 0 Å². The average molecular weight is 548 g/mol. The largest absolute Gasteiger partial charge is 0.292 e. The molecule has 2 aliphatic heterocycles.